The summed E-state index contributed by atoms with van der Waals surface area (Å²) in [4.78, 5) is 29.1. The highest BCUT2D eigenvalue weighted by atomic mass is 35.5. The number of hydrogen-bond acceptors (Lipinski definition) is 4. The Morgan fingerprint density at radius 1 is 1.12 bits per heavy atom. The molecule has 0 fully saturated rings. The highest BCUT2D eigenvalue weighted by Crippen LogP contribution is 2.36. The number of fused-ring (bicyclic) bond motifs is 1. The molecule has 1 aromatic heterocycles. The Balaban J connectivity index is 1.47. The van der Waals surface area contributed by atoms with Crippen LogP contribution >= 0.6 is 11.6 Å². The van der Waals surface area contributed by atoms with Crippen molar-refractivity contribution in [3.05, 3.63) is 93.8 Å². The minimum absolute atomic E-state index is 0.0165. The molecular weight excluding hydrogens is 440 g/mol. The van der Waals surface area contributed by atoms with Crippen LogP contribution in [0.25, 0.3) is 0 Å². The molecule has 4 rings (SSSR count). The summed E-state index contributed by atoms with van der Waals surface area (Å²) < 4.78 is 33.1. The third-order valence-electron chi connectivity index (χ3n) is 5.13. The van der Waals surface area contributed by atoms with Crippen LogP contribution in [0.15, 0.2) is 54.7 Å². The number of anilines is 1. The molecule has 2 N–H and O–H groups in total. The van der Waals surface area contributed by atoms with Crippen molar-refractivity contribution >= 4 is 29.3 Å². The number of carbonyl (C=O) groups excluding carboxylic acids is 2. The van der Waals surface area contributed by atoms with E-state index in [9.17, 15) is 18.4 Å². The van der Waals surface area contributed by atoms with Gasteiger partial charge in [-0.1, -0.05) is 17.7 Å². The third-order valence-corrected chi connectivity index (χ3v) is 5.42. The lowest BCUT2D eigenvalue weighted by atomic mass is 10.0. The molecule has 0 unspecified atom stereocenters. The molecule has 3 aromatic rings. The van der Waals surface area contributed by atoms with Crippen LogP contribution in [0.5, 0.6) is 0 Å². The lowest BCUT2D eigenvalue weighted by Gasteiger charge is -2.16. The van der Waals surface area contributed by atoms with E-state index in [0.717, 1.165) is 6.07 Å². The topological polar surface area (TPSA) is 80.3 Å². The average molecular weight is 458 g/mol. The Kier molecular flexibility index (Phi) is 6.32. The normalized spacial score (nSPS) is 14.5. The van der Waals surface area contributed by atoms with Crippen LogP contribution in [0.1, 0.15) is 39.6 Å². The van der Waals surface area contributed by atoms with Gasteiger partial charge in [-0.3, -0.25) is 9.78 Å². The molecule has 2 amide bonds. The number of benzene rings is 2. The Labute approximate surface area is 187 Å². The molecular formula is C23H18ClF2N3O3. The van der Waals surface area contributed by atoms with Crippen molar-refractivity contribution in [1.29, 1.82) is 0 Å². The average Bonchev–Trinajstić information content (AvgIpc) is 3.20. The zero-order valence-corrected chi connectivity index (χ0v) is 17.5. The zero-order chi connectivity index (χ0) is 22.7. The molecule has 32 heavy (non-hydrogen) atoms. The minimum Gasteiger partial charge on any atom is -0.443 e. The van der Waals surface area contributed by atoms with Gasteiger partial charge in [-0.05, 0) is 60.9 Å². The lowest BCUT2D eigenvalue weighted by Crippen LogP contribution is -2.28. The third kappa shape index (κ3) is 4.70. The number of nitrogens with zero attached hydrogens (tertiary/aromatic N) is 1. The second kappa shape index (κ2) is 9.32. The summed E-state index contributed by atoms with van der Waals surface area (Å²) in [6.07, 6.45) is 1.69. The standard InChI is InChI=1S/C23H18ClF2N3O3/c24-17-11-13(4-7-18(17)25)28-22(30)16-5-8-19(26)21-15(16)6-9-20(21)29-23(31)32-12-14-3-1-2-10-27-14/h1-5,7-8,10-11,20H,6,9,12H2,(H,28,30)(H,29,31)/t20-/m0/s1. The van der Waals surface area contributed by atoms with Crippen LogP contribution in [-0.2, 0) is 17.8 Å². The van der Waals surface area contributed by atoms with E-state index < -0.39 is 29.7 Å². The summed E-state index contributed by atoms with van der Waals surface area (Å²) in [5.74, 6) is -1.60. The summed E-state index contributed by atoms with van der Waals surface area (Å²) in [5, 5.41) is 5.17. The number of amides is 2. The maximum absolute atomic E-state index is 14.6. The van der Waals surface area contributed by atoms with Gasteiger partial charge in [0.05, 0.1) is 16.8 Å². The first-order valence-corrected chi connectivity index (χ1v) is 10.2. The van der Waals surface area contributed by atoms with Gasteiger partial charge in [0.2, 0.25) is 0 Å². The molecule has 1 heterocycles. The van der Waals surface area contributed by atoms with Crippen LogP contribution in [0.3, 0.4) is 0 Å². The number of pyridine rings is 1. The van der Waals surface area contributed by atoms with Crippen LogP contribution in [0.2, 0.25) is 5.02 Å². The number of rotatable bonds is 5. The van der Waals surface area contributed by atoms with Crippen LogP contribution in [-0.4, -0.2) is 17.0 Å². The first-order chi connectivity index (χ1) is 15.4. The molecule has 0 bridgehead atoms. The maximum Gasteiger partial charge on any atom is 0.408 e. The van der Waals surface area contributed by atoms with Gasteiger partial charge in [0, 0.05) is 23.0 Å². The van der Waals surface area contributed by atoms with E-state index in [4.69, 9.17) is 16.3 Å². The van der Waals surface area contributed by atoms with Crippen molar-refractivity contribution in [1.82, 2.24) is 10.3 Å². The van der Waals surface area contributed by atoms with E-state index >= 15 is 0 Å². The Hall–Kier alpha value is -3.52. The Morgan fingerprint density at radius 2 is 1.94 bits per heavy atom. The van der Waals surface area contributed by atoms with E-state index in [-0.39, 0.29) is 22.8 Å². The number of hydrogen-bond donors (Lipinski definition) is 2. The van der Waals surface area contributed by atoms with Gasteiger partial charge in [-0.15, -0.1) is 0 Å². The van der Waals surface area contributed by atoms with E-state index in [0.29, 0.717) is 29.8 Å². The largest absolute Gasteiger partial charge is 0.443 e. The van der Waals surface area contributed by atoms with Crippen molar-refractivity contribution in [2.45, 2.75) is 25.5 Å². The smallest absolute Gasteiger partial charge is 0.408 e. The summed E-state index contributed by atoms with van der Waals surface area (Å²) in [7, 11) is 0. The number of nitrogens with one attached hydrogen (secondary N) is 2. The number of carbonyl (C=O) groups is 2. The fraction of sp³-hybridized carbons (Fsp3) is 0.174. The number of aromatic nitrogens is 1. The van der Waals surface area contributed by atoms with Gasteiger partial charge in [-0.25, -0.2) is 13.6 Å². The summed E-state index contributed by atoms with van der Waals surface area (Å²) in [6.45, 7) is -0.0165. The predicted octanol–water partition coefficient (Wildman–Crippen LogP) is 5.18. The first kappa shape index (κ1) is 21.7. The SMILES string of the molecule is O=C(N[C@H]1CCc2c(C(=O)Nc3ccc(F)c(Cl)c3)ccc(F)c21)OCc1ccccn1. The quantitative estimate of drug-likeness (QED) is 0.553. The molecule has 1 atom stereocenters. The highest BCUT2D eigenvalue weighted by molar-refractivity contribution is 6.31. The fourth-order valence-corrected chi connectivity index (χ4v) is 3.83. The van der Waals surface area contributed by atoms with E-state index in [1.807, 2.05) is 0 Å². The zero-order valence-electron chi connectivity index (χ0n) is 16.7. The molecule has 1 aliphatic rings. The van der Waals surface area contributed by atoms with Gasteiger partial charge in [0.1, 0.15) is 18.2 Å². The van der Waals surface area contributed by atoms with Gasteiger partial charge in [-0.2, -0.15) is 0 Å². The van der Waals surface area contributed by atoms with Crippen LogP contribution in [0, 0.1) is 11.6 Å². The minimum atomic E-state index is -0.705. The molecule has 0 saturated heterocycles. The van der Waals surface area contributed by atoms with Crippen molar-refractivity contribution in [3.63, 3.8) is 0 Å². The van der Waals surface area contributed by atoms with Crippen LogP contribution in [0.4, 0.5) is 19.3 Å². The van der Waals surface area contributed by atoms with Crippen molar-refractivity contribution in [2.75, 3.05) is 5.32 Å². The summed E-state index contributed by atoms with van der Waals surface area (Å²) in [6, 6.07) is 11.0. The van der Waals surface area contributed by atoms with Gasteiger partial charge >= 0.3 is 6.09 Å². The van der Waals surface area contributed by atoms with Crippen molar-refractivity contribution in [2.24, 2.45) is 0 Å². The van der Waals surface area contributed by atoms with Crippen molar-refractivity contribution < 1.29 is 23.1 Å². The number of halogens is 3. The summed E-state index contributed by atoms with van der Waals surface area (Å²) in [5.41, 5.74) is 1.93. The second-order valence-corrected chi connectivity index (χ2v) is 7.61. The number of alkyl carbamates (subject to hydrolysis) is 1. The molecule has 0 radical (unpaired) electrons. The maximum atomic E-state index is 14.6. The molecule has 164 valence electrons. The molecule has 0 saturated carbocycles. The second-order valence-electron chi connectivity index (χ2n) is 7.20. The Morgan fingerprint density at radius 3 is 2.69 bits per heavy atom. The van der Waals surface area contributed by atoms with Gasteiger partial charge in [0.15, 0.2) is 0 Å². The summed E-state index contributed by atoms with van der Waals surface area (Å²) >= 11 is 5.76. The van der Waals surface area contributed by atoms with Crippen LogP contribution < -0.4 is 10.6 Å². The monoisotopic (exact) mass is 457 g/mol. The fourth-order valence-electron chi connectivity index (χ4n) is 3.65. The molecule has 1 aliphatic carbocycles. The Bertz CT molecular complexity index is 1170. The van der Waals surface area contributed by atoms with E-state index in [2.05, 4.69) is 15.6 Å². The first-order valence-electron chi connectivity index (χ1n) is 9.83. The number of ether oxygens (including phenoxy) is 1. The molecule has 2 aromatic carbocycles. The van der Waals surface area contributed by atoms with E-state index in [1.54, 1.807) is 24.4 Å². The van der Waals surface area contributed by atoms with Gasteiger partial charge < -0.3 is 15.4 Å². The van der Waals surface area contributed by atoms with E-state index in [1.165, 1.54) is 24.3 Å². The highest BCUT2D eigenvalue weighted by Gasteiger charge is 2.31. The van der Waals surface area contributed by atoms with Crippen molar-refractivity contribution in [3.8, 4) is 0 Å². The van der Waals surface area contributed by atoms with Gasteiger partial charge in [0.25, 0.3) is 5.91 Å². The molecule has 0 aliphatic heterocycles. The molecule has 9 heteroatoms. The lowest BCUT2D eigenvalue weighted by molar-refractivity contribution is 0.102. The molecule has 0 spiro atoms. The molecule has 6 nitrogen and oxygen atoms in total. The predicted molar refractivity (Wildman–Crippen MR) is 114 cm³/mol.